The minimum Gasteiger partial charge on any atom is -0.487 e. The highest BCUT2D eigenvalue weighted by atomic mass is 16.5. The molecule has 0 fully saturated rings. The Morgan fingerprint density at radius 2 is 1.79 bits per heavy atom. The minimum absolute atomic E-state index is 0.305. The van der Waals surface area contributed by atoms with E-state index in [2.05, 4.69) is 12.1 Å². The van der Waals surface area contributed by atoms with Gasteiger partial charge in [-0.15, -0.1) is 0 Å². The molecular formula is C17H18O2. The number of aliphatic hydroxyl groups excluding tert-OH is 1. The average Bonchev–Trinajstić information content (AvgIpc) is 2.38. The van der Waals surface area contributed by atoms with Crippen LogP contribution in [0.4, 0.5) is 0 Å². The van der Waals surface area contributed by atoms with Gasteiger partial charge in [0, 0.05) is 12.0 Å². The van der Waals surface area contributed by atoms with Crippen LogP contribution < -0.4 is 4.74 Å². The Kier molecular flexibility index (Phi) is 2.83. The fourth-order valence-electron chi connectivity index (χ4n) is 2.63. The molecule has 0 aliphatic carbocycles. The van der Waals surface area contributed by atoms with Crippen LogP contribution in [0.1, 0.15) is 31.9 Å². The maximum absolute atomic E-state index is 10.3. The summed E-state index contributed by atoms with van der Waals surface area (Å²) in [5, 5.41) is 10.3. The van der Waals surface area contributed by atoms with E-state index in [1.807, 2.05) is 50.2 Å². The Morgan fingerprint density at radius 1 is 1.05 bits per heavy atom. The number of hydrogen-bond acceptors (Lipinski definition) is 2. The molecule has 1 atom stereocenters. The fourth-order valence-corrected chi connectivity index (χ4v) is 2.63. The second-order valence-corrected chi connectivity index (χ2v) is 5.70. The van der Waals surface area contributed by atoms with Gasteiger partial charge in [-0.1, -0.05) is 36.4 Å². The van der Waals surface area contributed by atoms with Crippen LogP contribution in [0.5, 0.6) is 5.75 Å². The van der Waals surface area contributed by atoms with Crippen molar-refractivity contribution in [1.82, 2.24) is 0 Å². The molecule has 1 heterocycles. The highest BCUT2D eigenvalue weighted by molar-refractivity contribution is 5.66. The van der Waals surface area contributed by atoms with Gasteiger partial charge >= 0.3 is 0 Å². The zero-order valence-corrected chi connectivity index (χ0v) is 11.3. The third-order valence-corrected chi connectivity index (χ3v) is 3.55. The molecule has 0 saturated heterocycles. The molecule has 2 aromatic rings. The molecule has 0 aromatic heterocycles. The summed E-state index contributed by atoms with van der Waals surface area (Å²) in [6.07, 6.45) is 0.167. The second-order valence-electron chi connectivity index (χ2n) is 5.70. The van der Waals surface area contributed by atoms with E-state index in [-0.39, 0.29) is 5.60 Å². The summed E-state index contributed by atoms with van der Waals surface area (Å²) in [6.45, 7) is 4.01. The second kappa shape index (κ2) is 4.39. The molecule has 1 aliphatic heterocycles. The molecule has 0 radical (unpaired) electrons. The largest absolute Gasteiger partial charge is 0.487 e. The maximum Gasteiger partial charge on any atom is 0.125 e. The van der Waals surface area contributed by atoms with Crippen LogP contribution in [0.3, 0.4) is 0 Å². The lowest BCUT2D eigenvalue weighted by molar-refractivity contribution is 0.0116. The number of aliphatic hydroxyl groups is 1. The summed E-state index contributed by atoms with van der Waals surface area (Å²) in [5.41, 5.74) is 2.85. The van der Waals surface area contributed by atoms with Crippen LogP contribution >= 0.6 is 0 Å². The topological polar surface area (TPSA) is 29.5 Å². The molecule has 1 aliphatic rings. The van der Waals surface area contributed by atoms with Gasteiger partial charge in [-0.05, 0) is 37.1 Å². The molecule has 1 unspecified atom stereocenters. The van der Waals surface area contributed by atoms with Crippen molar-refractivity contribution in [2.75, 3.05) is 0 Å². The van der Waals surface area contributed by atoms with E-state index in [1.54, 1.807) is 0 Å². The SMILES string of the molecule is CC1(C)CC(O)c2cc(-c3ccccc3)ccc2O1. The number of ether oxygens (including phenoxy) is 1. The van der Waals surface area contributed by atoms with Crippen molar-refractivity contribution < 1.29 is 9.84 Å². The third-order valence-electron chi connectivity index (χ3n) is 3.55. The normalized spacial score (nSPS) is 20.5. The van der Waals surface area contributed by atoms with E-state index in [4.69, 9.17) is 4.74 Å². The van der Waals surface area contributed by atoms with E-state index in [0.717, 1.165) is 22.4 Å². The lowest BCUT2D eigenvalue weighted by Gasteiger charge is -2.35. The standard InChI is InChI=1S/C17H18O2/c1-17(2)11-15(18)14-10-13(8-9-16(14)19-17)12-6-4-3-5-7-12/h3-10,15,18H,11H2,1-2H3. The molecule has 0 bridgehead atoms. The number of hydrogen-bond donors (Lipinski definition) is 1. The van der Waals surface area contributed by atoms with Crippen LogP contribution in [-0.4, -0.2) is 10.7 Å². The summed E-state index contributed by atoms with van der Waals surface area (Å²) in [6, 6.07) is 16.2. The van der Waals surface area contributed by atoms with Crippen molar-refractivity contribution in [3.63, 3.8) is 0 Å². The lowest BCUT2D eigenvalue weighted by atomic mass is 9.90. The summed E-state index contributed by atoms with van der Waals surface area (Å²) in [5.74, 6) is 0.795. The van der Waals surface area contributed by atoms with Gasteiger partial charge in [-0.3, -0.25) is 0 Å². The quantitative estimate of drug-likeness (QED) is 0.835. The van der Waals surface area contributed by atoms with E-state index in [9.17, 15) is 5.11 Å². The maximum atomic E-state index is 10.3. The first kappa shape index (κ1) is 12.2. The van der Waals surface area contributed by atoms with Gasteiger partial charge in [0.1, 0.15) is 11.4 Å². The van der Waals surface area contributed by atoms with Gasteiger partial charge in [0.2, 0.25) is 0 Å². The van der Waals surface area contributed by atoms with Crippen molar-refractivity contribution in [3.8, 4) is 16.9 Å². The van der Waals surface area contributed by atoms with E-state index < -0.39 is 6.10 Å². The Labute approximate surface area is 113 Å². The van der Waals surface area contributed by atoms with Crippen LogP contribution in [0, 0.1) is 0 Å². The van der Waals surface area contributed by atoms with Gasteiger partial charge in [0.15, 0.2) is 0 Å². The summed E-state index contributed by atoms with van der Waals surface area (Å²) in [4.78, 5) is 0. The smallest absolute Gasteiger partial charge is 0.125 e. The van der Waals surface area contributed by atoms with Crippen LogP contribution in [0.25, 0.3) is 11.1 Å². The molecule has 2 heteroatoms. The van der Waals surface area contributed by atoms with Crippen molar-refractivity contribution in [2.24, 2.45) is 0 Å². The van der Waals surface area contributed by atoms with Gasteiger partial charge in [0.05, 0.1) is 6.10 Å². The first-order valence-corrected chi connectivity index (χ1v) is 6.62. The molecule has 1 N–H and O–H groups in total. The van der Waals surface area contributed by atoms with Crippen LogP contribution in [-0.2, 0) is 0 Å². The van der Waals surface area contributed by atoms with Gasteiger partial charge in [-0.25, -0.2) is 0 Å². The van der Waals surface area contributed by atoms with Crippen molar-refractivity contribution in [3.05, 3.63) is 54.1 Å². The van der Waals surface area contributed by atoms with Crippen LogP contribution in [0.15, 0.2) is 48.5 Å². The van der Waals surface area contributed by atoms with Crippen molar-refractivity contribution in [2.45, 2.75) is 32.0 Å². The molecule has 0 amide bonds. The lowest BCUT2D eigenvalue weighted by Crippen LogP contribution is -2.34. The molecule has 98 valence electrons. The van der Waals surface area contributed by atoms with E-state index in [0.29, 0.717) is 6.42 Å². The number of rotatable bonds is 1. The molecule has 3 rings (SSSR count). The highest BCUT2D eigenvalue weighted by Gasteiger charge is 2.32. The van der Waals surface area contributed by atoms with Crippen molar-refractivity contribution in [1.29, 1.82) is 0 Å². The van der Waals surface area contributed by atoms with E-state index in [1.165, 1.54) is 0 Å². The molecule has 19 heavy (non-hydrogen) atoms. The molecule has 0 saturated carbocycles. The first-order valence-electron chi connectivity index (χ1n) is 6.62. The average molecular weight is 254 g/mol. The summed E-state index contributed by atoms with van der Waals surface area (Å²) < 4.78 is 5.92. The fraction of sp³-hybridized carbons (Fsp3) is 0.294. The van der Waals surface area contributed by atoms with Gasteiger partial charge in [0.25, 0.3) is 0 Å². The Morgan fingerprint density at radius 3 is 2.53 bits per heavy atom. The van der Waals surface area contributed by atoms with Gasteiger partial charge < -0.3 is 9.84 Å². The Hall–Kier alpha value is -1.80. The Balaban J connectivity index is 2.04. The molecule has 2 nitrogen and oxygen atoms in total. The highest BCUT2D eigenvalue weighted by Crippen LogP contribution is 2.41. The third kappa shape index (κ3) is 2.36. The first-order chi connectivity index (χ1) is 9.05. The number of benzene rings is 2. The van der Waals surface area contributed by atoms with Gasteiger partial charge in [-0.2, -0.15) is 0 Å². The zero-order chi connectivity index (χ0) is 13.5. The monoisotopic (exact) mass is 254 g/mol. The van der Waals surface area contributed by atoms with E-state index >= 15 is 0 Å². The summed E-state index contributed by atoms with van der Waals surface area (Å²) in [7, 11) is 0. The molecule has 0 spiro atoms. The van der Waals surface area contributed by atoms with Crippen LogP contribution in [0.2, 0.25) is 0 Å². The number of fused-ring (bicyclic) bond motifs is 1. The minimum atomic E-state index is -0.456. The molecular weight excluding hydrogens is 236 g/mol. The van der Waals surface area contributed by atoms with Crippen molar-refractivity contribution >= 4 is 0 Å². The zero-order valence-electron chi connectivity index (χ0n) is 11.3. The Bertz CT molecular complexity index is 587. The predicted molar refractivity (Wildman–Crippen MR) is 76.2 cm³/mol. The predicted octanol–water partition coefficient (Wildman–Crippen LogP) is 3.95. The molecule has 2 aromatic carbocycles. The summed E-state index contributed by atoms with van der Waals surface area (Å²) >= 11 is 0.